The molecule has 19 heteroatoms. The molecule has 0 saturated carbocycles. The van der Waals surface area contributed by atoms with Crippen LogP contribution < -0.4 is 0 Å². The molecule has 13 nitrogen and oxygen atoms in total. The van der Waals surface area contributed by atoms with Gasteiger partial charge in [-0.2, -0.15) is 23.5 Å². The van der Waals surface area contributed by atoms with E-state index < -0.39 is 50.4 Å². The zero-order valence-electron chi connectivity index (χ0n) is 36.0. The van der Waals surface area contributed by atoms with Gasteiger partial charge in [-0.25, -0.2) is 0 Å². The number of carbonyl (C=O) groups excluding carboxylic acids is 6. The highest BCUT2D eigenvalue weighted by Gasteiger charge is 2.33. The summed E-state index contributed by atoms with van der Waals surface area (Å²) in [5.41, 5.74) is 0. The Morgan fingerprint density at radius 1 is 0.491 bits per heavy atom. The standard InChI is InChI=1S/C38H68Br2O13S2Si2/c1-25(2)33(41)49-19-32(52-38(46)30(8)40)24-55-22-28(6)36(44)48-16-14-18-57(11,12)53-56(9,10)17-13-15-47-35(43)27(5)21-54-23-31(51-34(42)26(3)4)20-50-37(45)29(7)39/h25-32H,13-24H2,1-12H3. The molecular formula is C38H68Br2O13S2Si2. The number of rotatable bonds is 30. The molecule has 57 heavy (non-hydrogen) atoms. The van der Waals surface area contributed by atoms with Crippen LogP contribution in [0.2, 0.25) is 38.3 Å². The van der Waals surface area contributed by atoms with E-state index in [9.17, 15) is 28.8 Å². The van der Waals surface area contributed by atoms with Gasteiger partial charge in [0.15, 0.2) is 16.6 Å². The molecule has 0 amide bonds. The average Bonchev–Trinajstić information content (AvgIpc) is 3.11. The normalized spacial score (nSPS) is 15.2. The van der Waals surface area contributed by atoms with Crippen LogP contribution in [0.4, 0.5) is 0 Å². The molecule has 0 aromatic heterocycles. The minimum Gasteiger partial charge on any atom is -0.465 e. The van der Waals surface area contributed by atoms with Crippen molar-refractivity contribution in [1.29, 1.82) is 0 Å². The average molecular weight is 1010 g/mol. The number of carbonyl (C=O) groups is 6. The van der Waals surface area contributed by atoms with Gasteiger partial charge in [-0.1, -0.05) is 73.4 Å². The summed E-state index contributed by atoms with van der Waals surface area (Å²) in [6, 6.07) is 1.65. The molecule has 0 heterocycles. The van der Waals surface area contributed by atoms with Crippen LogP contribution >= 0.6 is 55.4 Å². The highest BCUT2D eigenvalue weighted by Crippen LogP contribution is 2.25. The second-order valence-corrected chi connectivity index (χ2v) is 29.7. The van der Waals surface area contributed by atoms with Gasteiger partial charge < -0.3 is 32.5 Å². The Morgan fingerprint density at radius 3 is 1.23 bits per heavy atom. The molecule has 0 radical (unpaired) electrons. The van der Waals surface area contributed by atoms with Gasteiger partial charge in [0, 0.05) is 23.0 Å². The van der Waals surface area contributed by atoms with Crippen LogP contribution in [0, 0.1) is 23.7 Å². The van der Waals surface area contributed by atoms with Gasteiger partial charge in [0.05, 0.1) is 36.9 Å². The van der Waals surface area contributed by atoms with Crippen LogP contribution in [0.5, 0.6) is 0 Å². The highest BCUT2D eigenvalue weighted by atomic mass is 79.9. The van der Waals surface area contributed by atoms with Gasteiger partial charge in [0.1, 0.15) is 35.1 Å². The molecule has 6 unspecified atom stereocenters. The fraction of sp³-hybridized carbons (Fsp3) is 0.842. The molecule has 0 aromatic rings. The third kappa shape index (κ3) is 27.4. The van der Waals surface area contributed by atoms with E-state index in [1.807, 2.05) is 0 Å². The summed E-state index contributed by atoms with van der Waals surface area (Å²) in [5.74, 6) is -1.94. The summed E-state index contributed by atoms with van der Waals surface area (Å²) in [6.07, 6.45) is 0.123. The smallest absolute Gasteiger partial charge is 0.319 e. The van der Waals surface area contributed by atoms with Gasteiger partial charge in [-0.15, -0.1) is 0 Å². The summed E-state index contributed by atoms with van der Waals surface area (Å²) in [7, 11) is -4.12. The number of hydrogen-bond acceptors (Lipinski definition) is 15. The molecule has 0 saturated heterocycles. The second kappa shape index (κ2) is 29.2. The third-order valence-corrected chi connectivity index (χ3v) is 19.0. The van der Waals surface area contributed by atoms with Crippen molar-refractivity contribution in [2.24, 2.45) is 23.7 Å². The lowest BCUT2D eigenvalue weighted by Gasteiger charge is -2.34. The van der Waals surface area contributed by atoms with Crippen LogP contribution in [0.25, 0.3) is 0 Å². The topological polar surface area (TPSA) is 167 Å². The molecule has 0 aliphatic rings. The maximum atomic E-state index is 12.7. The Labute approximate surface area is 368 Å². The molecule has 6 atom stereocenters. The van der Waals surface area contributed by atoms with Crippen molar-refractivity contribution in [3.05, 3.63) is 0 Å². The Balaban J connectivity index is 4.59. The molecule has 0 N–H and O–H groups in total. The van der Waals surface area contributed by atoms with E-state index in [0.717, 1.165) is 12.1 Å². The SMILES string of the molecule is CC(C)C(=O)OCC(CSCC(C)C(=O)OCCC[Si](C)(C)O[Si](C)(C)CCCOC(=O)C(C)CSCC(COC(=O)C(C)Br)OC(=O)C(C)C)OC(=O)C(C)Br. The van der Waals surface area contributed by atoms with Crippen LogP contribution in [0.15, 0.2) is 0 Å². The van der Waals surface area contributed by atoms with Crippen LogP contribution in [-0.4, -0.2) is 124 Å². The Bertz CT molecular complexity index is 1160. The number of thioether (sulfide) groups is 2. The van der Waals surface area contributed by atoms with E-state index in [4.69, 9.17) is 32.5 Å². The predicted octanol–water partition coefficient (Wildman–Crippen LogP) is 7.81. The Morgan fingerprint density at radius 2 is 0.860 bits per heavy atom. The monoisotopic (exact) mass is 1010 g/mol. The van der Waals surface area contributed by atoms with Gasteiger partial charge in [-0.3, -0.25) is 28.8 Å². The molecule has 0 fully saturated rings. The second-order valence-electron chi connectivity index (χ2n) is 16.0. The fourth-order valence-electron chi connectivity index (χ4n) is 4.79. The summed E-state index contributed by atoms with van der Waals surface area (Å²) in [6.45, 7) is 23.0. The largest absolute Gasteiger partial charge is 0.465 e. The molecule has 0 bridgehead atoms. The van der Waals surface area contributed by atoms with E-state index in [0.29, 0.717) is 49.1 Å². The van der Waals surface area contributed by atoms with Crippen LogP contribution in [0.1, 0.15) is 68.2 Å². The first-order valence-electron chi connectivity index (χ1n) is 19.6. The van der Waals surface area contributed by atoms with Crippen molar-refractivity contribution in [2.45, 2.75) is 128 Å². The first-order chi connectivity index (χ1) is 26.4. The van der Waals surface area contributed by atoms with E-state index in [1.165, 1.54) is 23.5 Å². The van der Waals surface area contributed by atoms with Gasteiger partial charge in [0.25, 0.3) is 0 Å². The summed E-state index contributed by atoms with van der Waals surface area (Å²) in [4.78, 5) is 72.4. The summed E-state index contributed by atoms with van der Waals surface area (Å²) in [5, 5.41) is 0. The zero-order valence-corrected chi connectivity index (χ0v) is 42.8. The molecule has 0 rings (SSSR count). The van der Waals surface area contributed by atoms with E-state index in [1.54, 1.807) is 55.4 Å². The first kappa shape index (κ1) is 55.9. The van der Waals surface area contributed by atoms with E-state index in [2.05, 4.69) is 58.0 Å². The molecule has 0 aliphatic heterocycles. The van der Waals surface area contributed by atoms with Gasteiger partial charge in [0.2, 0.25) is 0 Å². The van der Waals surface area contributed by atoms with Crippen molar-refractivity contribution in [1.82, 2.24) is 0 Å². The van der Waals surface area contributed by atoms with Crippen molar-refractivity contribution in [3.8, 4) is 0 Å². The molecular weight excluding hydrogens is 945 g/mol. The van der Waals surface area contributed by atoms with Gasteiger partial charge >= 0.3 is 35.8 Å². The minimum atomic E-state index is -2.06. The molecule has 0 spiro atoms. The zero-order chi connectivity index (χ0) is 43.9. The predicted molar refractivity (Wildman–Crippen MR) is 238 cm³/mol. The molecule has 0 aliphatic carbocycles. The minimum absolute atomic E-state index is 0.0499. The quantitative estimate of drug-likeness (QED) is 0.0225. The summed E-state index contributed by atoms with van der Waals surface area (Å²) >= 11 is 9.23. The maximum absolute atomic E-state index is 12.7. The third-order valence-electron chi connectivity index (χ3n) is 8.02. The number of alkyl halides is 2. The number of esters is 6. The maximum Gasteiger partial charge on any atom is 0.319 e. The molecule has 0 aromatic carbocycles. The summed E-state index contributed by atoms with van der Waals surface area (Å²) < 4.78 is 39.4. The highest BCUT2D eigenvalue weighted by molar-refractivity contribution is 9.10. The van der Waals surface area contributed by atoms with Crippen molar-refractivity contribution in [3.63, 3.8) is 0 Å². The van der Waals surface area contributed by atoms with Crippen molar-refractivity contribution < 1.29 is 61.3 Å². The lowest BCUT2D eigenvalue weighted by molar-refractivity contribution is -0.159. The lowest BCUT2D eigenvalue weighted by atomic mass is 10.2. The number of halogens is 2. The first-order valence-corrected chi connectivity index (χ1v) is 30.0. The Hall–Kier alpha value is -1.13. The van der Waals surface area contributed by atoms with E-state index in [-0.39, 0.29) is 60.8 Å². The van der Waals surface area contributed by atoms with Crippen molar-refractivity contribution >= 4 is 108 Å². The number of hydrogen-bond donors (Lipinski definition) is 0. The van der Waals surface area contributed by atoms with Crippen LogP contribution in [0.3, 0.4) is 0 Å². The number of ether oxygens (including phenoxy) is 6. The van der Waals surface area contributed by atoms with Crippen LogP contribution in [-0.2, 0) is 61.3 Å². The molecule has 332 valence electrons. The Kier molecular flexibility index (Phi) is 28.6. The van der Waals surface area contributed by atoms with E-state index >= 15 is 0 Å². The fourth-order valence-corrected chi connectivity index (χ4v) is 15.9. The van der Waals surface area contributed by atoms with Crippen molar-refractivity contribution in [2.75, 3.05) is 49.4 Å². The lowest BCUT2D eigenvalue weighted by Crippen LogP contribution is -2.44. The van der Waals surface area contributed by atoms with Gasteiger partial charge in [-0.05, 0) is 65.0 Å².